The highest BCUT2D eigenvalue weighted by atomic mass is 16.5. The van der Waals surface area contributed by atoms with Gasteiger partial charge in [0.15, 0.2) is 0 Å². The molecule has 6 heteroatoms. The number of hydrogen-bond acceptors (Lipinski definition) is 4. The molecule has 0 bridgehead atoms. The van der Waals surface area contributed by atoms with Crippen LogP contribution in [-0.4, -0.2) is 40.3 Å². The van der Waals surface area contributed by atoms with Gasteiger partial charge in [-0.15, -0.1) is 0 Å². The van der Waals surface area contributed by atoms with Crippen LogP contribution in [0.4, 0.5) is 0 Å². The predicted octanol–water partition coefficient (Wildman–Crippen LogP) is 4.71. The van der Waals surface area contributed by atoms with Crippen LogP contribution in [-0.2, 0) is 9.59 Å². The number of nitrogens with one attached hydrogen (secondary N) is 1. The van der Waals surface area contributed by atoms with Crippen LogP contribution >= 0.6 is 0 Å². The zero-order valence-corrected chi connectivity index (χ0v) is 17.9. The van der Waals surface area contributed by atoms with Crippen LogP contribution in [0.2, 0.25) is 0 Å². The van der Waals surface area contributed by atoms with Gasteiger partial charge in [-0.1, -0.05) is 43.7 Å². The van der Waals surface area contributed by atoms with E-state index in [0.717, 1.165) is 35.0 Å². The molecule has 0 radical (unpaired) electrons. The molecule has 3 aromatic rings. The van der Waals surface area contributed by atoms with Gasteiger partial charge in [0.1, 0.15) is 11.5 Å². The number of para-hydroxylation sites is 1. The summed E-state index contributed by atoms with van der Waals surface area (Å²) in [5.74, 6) is -0.867. The largest absolute Gasteiger partial charge is 0.507 e. The second-order valence-electron chi connectivity index (χ2n) is 7.79. The third-order valence-corrected chi connectivity index (χ3v) is 5.85. The number of ether oxygens (including phenoxy) is 1. The number of aliphatic hydroxyl groups excluding tert-OH is 1. The summed E-state index contributed by atoms with van der Waals surface area (Å²) < 4.78 is 5.26. The van der Waals surface area contributed by atoms with Crippen molar-refractivity contribution in [2.75, 3.05) is 13.7 Å². The standard InChI is InChI=1S/C25H26N2O4/c1-4-5-13-27-22(20-15(2)26-19-12-7-6-11-18(19)20)21(24(29)25(27)30)23(28)16-9-8-10-17(14-16)31-3/h6-12,14,22,26,28H,4-5,13H2,1-3H3/b23-21+. The van der Waals surface area contributed by atoms with E-state index in [1.165, 1.54) is 7.11 Å². The first-order valence-electron chi connectivity index (χ1n) is 10.5. The molecular formula is C25H26N2O4. The van der Waals surface area contributed by atoms with E-state index < -0.39 is 17.7 Å². The number of aryl methyl sites for hydroxylation is 1. The summed E-state index contributed by atoms with van der Waals surface area (Å²) in [5, 5.41) is 12.2. The van der Waals surface area contributed by atoms with Crippen LogP contribution in [0.15, 0.2) is 54.1 Å². The third kappa shape index (κ3) is 3.48. The van der Waals surface area contributed by atoms with Gasteiger partial charge < -0.3 is 19.7 Å². The monoisotopic (exact) mass is 418 g/mol. The van der Waals surface area contributed by atoms with Crippen molar-refractivity contribution in [2.45, 2.75) is 32.7 Å². The second kappa shape index (κ2) is 8.30. The van der Waals surface area contributed by atoms with Crippen molar-refractivity contribution in [3.8, 4) is 5.75 Å². The van der Waals surface area contributed by atoms with E-state index >= 15 is 0 Å². The fourth-order valence-electron chi connectivity index (χ4n) is 4.32. The summed E-state index contributed by atoms with van der Waals surface area (Å²) in [4.78, 5) is 31.1. The van der Waals surface area contributed by atoms with Crippen molar-refractivity contribution in [3.63, 3.8) is 0 Å². The summed E-state index contributed by atoms with van der Waals surface area (Å²) in [6, 6.07) is 14.0. The van der Waals surface area contributed by atoms with E-state index in [9.17, 15) is 14.7 Å². The number of unbranched alkanes of at least 4 members (excludes halogenated alkanes) is 1. The molecule has 6 nitrogen and oxygen atoms in total. The van der Waals surface area contributed by atoms with E-state index in [1.54, 1.807) is 29.2 Å². The number of aliphatic hydroxyl groups is 1. The number of fused-ring (bicyclic) bond motifs is 1. The molecule has 1 aromatic heterocycles. The summed E-state index contributed by atoms with van der Waals surface area (Å²) in [7, 11) is 1.54. The van der Waals surface area contributed by atoms with Crippen molar-refractivity contribution < 1.29 is 19.4 Å². The number of amides is 1. The lowest BCUT2D eigenvalue weighted by Crippen LogP contribution is -2.30. The minimum atomic E-state index is -0.661. The Balaban J connectivity index is 1.96. The Morgan fingerprint density at radius 2 is 1.94 bits per heavy atom. The maximum Gasteiger partial charge on any atom is 0.295 e. The number of carbonyl (C=O) groups is 2. The Bertz CT molecular complexity index is 1190. The van der Waals surface area contributed by atoms with E-state index in [0.29, 0.717) is 17.9 Å². The highest BCUT2D eigenvalue weighted by Crippen LogP contribution is 2.43. The maximum atomic E-state index is 13.2. The van der Waals surface area contributed by atoms with Gasteiger partial charge in [0.05, 0.1) is 18.7 Å². The van der Waals surface area contributed by atoms with Crippen molar-refractivity contribution in [2.24, 2.45) is 0 Å². The third-order valence-electron chi connectivity index (χ3n) is 5.85. The number of aromatic nitrogens is 1. The molecule has 2 N–H and O–H groups in total. The number of likely N-dealkylation sites (tertiary alicyclic amines) is 1. The lowest BCUT2D eigenvalue weighted by Gasteiger charge is -2.25. The molecule has 1 aliphatic rings. The number of benzene rings is 2. The number of ketones is 1. The number of carbonyl (C=O) groups excluding carboxylic acids is 2. The SMILES string of the molecule is CCCCN1C(=O)C(=O)/C(=C(/O)c2cccc(OC)c2)C1c1c(C)[nH]c2ccccc12. The summed E-state index contributed by atoms with van der Waals surface area (Å²) in [6.07, 6.45) is 1.66. The van der Waals surface area contributed by atoms with E-state index in [4.69, 9.17) is 4.74 Å². The first-order valence-corrected chi connectivity index (χ1v) is 10.5. The van der Waals surface area contributed by atoms with E-state index in [1.807, 2.05) is 38.1 Å². The van der Waals surface area contributed by atoms with Gasteiger partial charge >= 0.3 is 0 Å². The van der Waals surface area contributed by atoms with Crippen LogP contribution < -0.4 is 4.74 Å². The Morgan fingerprint density at radius 1 is 1.16 bits per heavy atom. The number of H-pyrrole nitrogens is 1. The summed E-state index contributed by atoms with van der Waals surface area (Å²) in [6.45, 7) is 4.42. The minimum absolute atomic E-state index is 0.113. The number of methoxy groups -OCH3 is 1. The molecule has 31 heavy (non-hydrogen) atoms. The topological polar surface area (TPSA) is 82.6 Å². The quantitative estimate of drug-likeness (QED) is 0.345. The van der Waals surface area contributed by atoms with Crippen molar-refractivity contribution in [3.05, 3.63) is 70.9 Å². The molecule has 1 amide bonds. The van der Waals surface area contributed by atoms with Gasteiger partial charge in [-0.2, -0.15) is 0 Å². The summed E-state index contributed by atoms with van der Waals surface area (Å²) in [5.41, 5.74) is 3.19. The van der Waals surface area contributed by atoms with Crippen LogP contribution in [0.1, 0.15) is 42.6 Å². The highest BCUT2D eigenvalue weighted by Gasteiger charge is 2.47. The molecule has 4 rings (SSSR count). The average Bonchev–Trinajstić information content (AvgIpc) is 3.24. The van der Waals surface area contributed by atoms with Gasteiger partial charge in [0.2, 0.25) is 0 Å². The Hall–Kier alpha value is -3.54. The van der Waals surface area contributed by atoms with Crippen molar-refractivity contribution in [1.29, 1.82) is 0 Å². The van der Waals surface area contributed by atoms with E-state index in [-0.39, 0.29) is 11.3 Å². The first kappa shape index (κ1) is 20.7. The molecule has 1 atom stereocenters. The second-order valence-corrected chi connectivity index (χ2v) is 7.79. The zero-order valence-electron chi connectivity index (χ0n) is 17.9. The van der Waals surface area contributed by atoms with Crippen LogP contribution in [0.3, 0.4) is 0 Å². The normalized spacial score (nSPS) is 18.2. The fraction of sp³-hybridized carbons (Fsp3) is 0.280. The molecule has 160 valence electrons. The van der Waals surface area contributed by atoms with Gasteiger partial charge in [-0.3, -0.25) is 9.59 Å². The molecule has 2 heterocycles. The molecular weight excluding hydrogens is 392 g/mol. The van der Waals surface area contributed by atoms with Gasteiger partial charge in [0.25, 0.3) is 11.7 Å². The molecule has 1 fully saturated rings. The number of nitrogens with zero attached hydrogens (tertiary/aromatic N) is 1. The molecule has 2 aromatic carbocycles. The Kier molecular flexibility index (Phi) is 5.55. The zero-order chi connectivity index (χ0) is 22.1. The molecule has 1 aliphatic heterocycles. The molecule has 0 aliphatic carbocycles. The predicted molar refractivity (Wildman–Crippen MR) is 120 cm³/mol. The van der Waals surface area contributed by atoms with Crippen LogP contribution in [0.25, 0.3) is 16.7 Å². The first-order chi connectivity index (χ1) is 15.0. The van der Waals surface area contributed by atoms with Gasteiger partial charge in [-0.05, 0) is 31.5 Å². The Labute approximate surface area is 181 Å². The summed E-state index contributed by atoms with van der Waals surface area (Å²) >= 11 is 0. The minimum Gasteiger partial charge on any atom is -0.507 e. The molecule has 0 saturated carbocycles. The fourth-order valence-corrected chi connectivity index (χ4v) is 4.32. The highest BCUT2D eigenvalue weighted by molar-refractivity contribution is 6.46. The number of Topliss-reactive ketones (excluding diaryl/α,β-unsaturated/α-hetero) is 1. The lowest BCUT2D eigenvalue weighted by atomic mass is 9.93. The lowest BCUT2D eigenvalue weighted by molar-refractivity contribution is -0.139. The Morgan fingerprint density at radius 3 is 2.68 bits per heavy atom. The number of rotatable bonds is 6. The number of hydrogen-bond donors (Lipinski definition) is 2. The van der Waals surface area contributed by atoms with Crippen LogP contribution in [0, 0.1) is 6.92 Å². The van der Waals surface area contributed by atoms with Gasteiger partial charge in [0, 0.05) is 34.3 Å². The van der Waals surface area contributed by atoms with E-state index in [2.05, 4.69) is 4.98 Å². The van der Waals surface area contributed by atoms with Crippen LogP contribution in [0.5, 0.6) is 5.75 Å². The molecule has 0 spiro atoms. The average molecular weight is 418 g/mol. The smallest absolute Gasteiger partial charge is 0.295 e. The molecule has 1 unspecified atom stereocenters. The maximum absolute atomic E-state index is 13.2. The molecule has 1 saturated heterocycles. The van der Waals surface area contributed by atoms with Crippen molar-refractivity contribution in [1.82, 2.24) is 9.88 Å². The number of aromatic amines is 1. The van der Waals surface area contributed by atoms with Gasteiger partial charge in [-0.25, -0.2) is 0 Å². The van der Waals surface area contributed by atoms with Crippen molar-refractivity contribution >= 4 is 28.4 Å².